The van der Waals surface area contributed by atoms with Crippen molar-refractivity contribution in [3.05, 3.63) is 102 Å². The Morgan fingerprint density at radius 1 is 0.941 bits per heavy atom. The molecular weight excluding hydrogens is 429 g/mol. The largest absolute Gasteiger partial charge is 0.351 e. The zero-order valence-electron chi connectivity index (χ0n) is 19.2. The van der Waals surface area contributed by atoms with Crippen molar-refractivity contribution in [2.75, 3.05) is 6.54 Å². The van der Waals surface area contributed by atoms with E-state index in [9.17, 15) is 9.59 Å². The highest BCUT2D eigenvalue weighted by atomic mass is 19.1. The molecule has 5 nitrogen and oxygen atoms in total. The average Bonchev–Trinajstić information content (AvgIpc) is 2.88. The molecule has 0 radical (unpaired) electrons. The highest BCUT2D eigenvalue weighted by Crippen LogP contribution is 2.27. The second kappa shape index (κ2) is 11.5. The van der Waals surface area contributed by atoms with Crippen molar-refractivity contribution in [3.8, 4) is 0 Å². The molecular formula is C28H30FN3O2. The quantitative estimate of drug-likeness (QED) is 0.510. The average molecular weight is 460 g/mol. The van der Waals surface area contributed by atoms with Gasteiger partial charge in [0.1, 0.15) is 17.6 Å². The van der Waals surface area contributed by atoms with E-state index in [-0.39, 0.29) is 29.8 Å². The van der Waals surface area contributed by atoms with Crippen LogP contribution >= 0.6 is 0 Å². The number of halogens is 1. The molecule has 176 valence electrons. The fraction of sp³-hybridized carbons (Fsp3) is 0.321. The number of nitrogens with zero attached hydrogens (tertiary/aromatic N) is 2. The summed E-state index contributed by atoms with van der Waals surface area (Å²) in [5.41, 5.74) is 1.44. The van der Waals surface area contributed by atoms with Gasteiger partial charge in [0.25, 0.3) is 5.91 Å². The van der Waals surface area contributed by atoms with Gasteiger partial charge in [0.15, 0.2) is 0 Å². The molecule has 6 heteroatoms. The summed E-state index contributed by atoms with van der Waals surface area (Å²) < 4.78 is 15.0. The van der Waals surface area contributed by atoms with E-state index in [1.54, 1.807) is 42.6 Å². The Morgan fingerprint density at radius 2 is 1.65 bits per heavy atom. The van der Waals surface area contributed by atoms with E-state index >= 15 is 4.39 Å². The number of hydrogen-bond donors (Lipinski definition) is 1. The third-order valence-electron chi connectivity index (χ3n) is 6.34. The van der Waals surface area contributed by atoms with Crippen LogP contribution in [-0.2, 0) is 11.2 Å². The molecule has 1 atom stereocenters. The molecule has 3 aromatic rings. The van der Waals surface area contributed by atoms with Crippen LogP contribution in [0.5, 0.6) is 0 Å². The van der Waals surface area contributed by atoms with Crippen molar-refractivity contribution < 1.29 is 14.0 Å². The van der Waals surface area contributed by atoms with Crippen LogP contribution in [0, 0.1) is 5.82 Å². The normalized spacial score (nSPS) is 14.9. The van der Waals surface area contributed by atoms with Gasteiger partial charge in [-0.05, 0) is 43.0 Å². The highest BCUT2D eigenvalue weighted by Gasteiger charge is 2.35. The minimum absolute atomic E-state index is 0.0384. The van der Waals surface area contributed by atoms with Crippen LogP contribution in [0.25, 0.3) is 0 Å². The number of carbonyl (C=O) groups is 2. The predicted molar refractivity (Wildman–Crippen MR) is 130 cm³/mol. The van der Waals surface area contributed by atoms with Gasteiger partial charge in [-0.2, -0.15) is 0 Å². The molecule has 0 spiro atoms. The summed E-state index contributed by atoms with van der Waals surface area (Å²) in [6, 6.07) is 20.0. The van der Waals surface area contributed by atoms with Gasteiger partial charge in [0.2, 0.25) is 5.91 Å². The van der Waals surface area contributed by atoms with Gasteiger partial charge in [-0.25, -0.2) is 4.39 Å². The van der Waals surface area contributed by atoms with Crippen LogP contribution in [0.1, 0.15) is 59.8 Å². The van der Waals surface area contributed by atoms with Crippen LogP contribution in [0.3, 0.4) is 0 Å². The van der Waals surface area contributed by atoms with Crippen molar-refractivity contribution in [1.29, 1.82) is 0 Å². The lowest BCUT2D eigenvalue weighted by molar-refractivity contribution is -0.127. The van der Waals surface area contributed by atoms with E-state index in [0.717, 1.165) is 37.7 Å². The third kappa shape index (κ3) is 5.87. The smallest absolute Gasteiger partial charge is 0.273 e. The first kappa shape index (κ1) is 23.6. The molecule has 4 rings (SSSR count). The number of pyridine rings is 1. The van der Waals surface area contributed by atoms with Gasteiger partial charge in [-0.1, -0.05) is 73.9 Å². The van der Waals surface area contributed by atoms with Crippen molar-refractivity contribution in [2.45, 2.75) is 50.6 Å². The van der Waals surface area contributed by atoms with Crippen molar-refractivity contribution in [2.24, 2.45) is 0 Å². The first-order valence-electron chi connectivity index (χ1n) is 11.9. The van der Waals surface area contributed by atoms with E-state index in [1.807, 2.05) is 30.3 Å². The fourth-order valence-corrected chi connectivity index (χ4v) is 4.55. The first-order valence-corrected chi connectivity index (χ1v) is 11.9. The molecule has 2 aromatic carbocycles. The Balaban J connectivity index is 1.70. The first-order chi connectivity index (χ1) is 16.6. The SMILES string of the molecule is O=C(NC1CCCCC1)[C@H](c1ccccc1F)N(CCc1ccccc1)C(=O)c1ccccn1. The van der Waals surface area contributed by atoms with Crippen LogP contribution in [-0.4, -0.2) is 34.3 Å². The maximum Gasteiger partial charge on any atom is 0.273 e. The Bertz CT molecular complexity index is 1090. The number of benzene rings is 2. The number of hydrogen-bond acceptors (Lipinski definition) is 3. The zero-order chi connectivity index (χ0) is 23.8. The summed E-state index contributed by atoms with van der Waals surface area (Å²) in [7, 11) is 0. The summed E-state index contributed by atoms with van der Waals surface area (Å²) in [4.78, 5) is 33.0. The molecule has 1 N–H and O–H groups in total. The minimum atomic E-state index is -1.10. The Morgan fingerprint density at radius 3 is 2.35 bits per heavy atom. The van der Waals surface area contributed by atoms with Crippen molar-refractivity contribution >= 4 is 11.8 Å². The van der Waals surface area contributed by atoms with Gasteiger partial charge in [0, 0.05) is 24.3 Å². The Hall–Kier alpha value is -3.54. The van der Waals surface area contributed by atoms with Crippen LogP contribution in [0.15, 0.2) is 79.0 Å². The maximum absolute atomic E-state index is 15.0. The molecule has 1 saturated carbocycles. The van der Waals surface area contributed by atoms with Crippen LogP contribution in [0.2, 0.25) is 0 Å². The molecule has 0 aliphatic heterocycles. The highest BCUT2D eigenvalue weighted by molar-refractivity contribution is 5.96. The van der Waals surface area contributed by atoms with E-state index in [2.05, 4.69) is 10.3 Å². The molecule has 1 aliphatic carbocycles. The van der Waals surface area contributed by atoms with E-state index < -0.39 is 17.8 Å². The molecule has 1 fully saturated rings. The summed E-state index contributed by atoms with van der Waals surface area (Å²) in [6.07, 6.45) is 7.13. The van der Waals surface area contributed by atoms with Crippen molar-refractivity contribution in [3.63, 3.8) is 0 Å². The predicted octanol–water partition coefficient (Wildman–Crippen LogP) is 5.10. The third-order valence-corrected chi connectivity index (χ3v) is 6.34. The molecule has 1 aromatic heterocycles. The molecule has 0 bridgehead atoms. The lowest BCUT2D eigenvalue weighted by Gasteiger charge is -2.33. The van der Waals surface area contributed by atoms with Gasteiger partial charge < -0.3 is 10.2 Å². The molecule has 0 saturated heterocycles. The van der Waals surface area contributed by atoms with Gasteiger partial charge in [-0.15, -0.1) is 0 Å². The topological polar surface area (TPSA) is 62.3 Å². The number of aromatic nitrogens is 1. The van der Waals surface area contributed by atoms with Gasteiger partial charge in [0.05, 0.1) is 0 Å². The van der Waals surface area contributed by atoms with E-state index in [1.165, 1.54) is 11.0 Å². The maximum atomic E-state index is 15.0. The standard InChI is InChI=1S/C28H30FN3O2/c29-24-16-8-7-15-23(24)26(27(33)31-22-13-5-2-6-14-22)32(20-18-21-11-3-1-4-12-21)28(34)25-17-9-10-19-30-25/h1,3-4,7-12,15-17,19,22,26H,2,5-6,13-14,18,20H2,(H,31,33)/t26-/m0/s1. The Labute approximate surface area is 200 Å². The number of rotatable bonds is 8. The summed E-state index contributed by atoms with van der Waals surface area (Å²) in [5, 5.41) is 3.11. The lowest BCUT2D eigenvalue weighted by atomic mass is 9.94. The number of amides is 2. The van der Waals surface area contributed by atoms with Gasteiger partial charge >= 0.3 is 0 Å². The van der Waals surface area contributed by atoms with Gasteiger partial charge in [-0.3, -0.25) is 14.6 Å². The molecule has 1 aliphatic rings. The fourth-order valence-electron chi connectivity index (χ4n) is 4.55. The zero-order valence-corrected chi connectivity index (χ0v) is 19.2. The Kier molecular flexibility index (Phi) is 8.02. The second-order valence-electron chi connectivity index (χ2n) is 8.72. The summed E-state index contributed by atoms with van der Waals surface area (Å²) >= 11 is 0. The molecule has 34 heavy (non-hydrogen) atoms. The van der Waals surface area contributed by atoms with Crippen LogP contribution < -0.4 is 5.32 Å². The van der Waals surface area contributed by atoms with E-state index in [0.29, 0.717) is 6.42 Å². The van der Waals surface area contributed by atoms with E-state index in [4.69, 9.17) is 0 Å². The second-order valence-corrected chi connectivity index (χ2v) is 8.72. The van der Waals surface area contributed by atoms with Crippen molar-refractivity contribution in [1.82, 2.24) is 15.2 Å². The minimum Gasteiger partial charge on any atom is -0.351 e. The monoisotopic (exact) mass is 459 g/mol. The lowest BCUT2D eigenvalue weighted by Crippen LogP contribution is -2.48. The summed E-state index contributed by atoms with van der Waals surface area (Å²) in [5.74, 6) is -1.26. The number of carbonyl (C=O) groups excluding carboxylic acids is 2. The van der Waals surface area contributed by atoms with Crippen LogP contribution in [0.4, 0.5) is 4.39 Å². The molecule has 1 heterocycles. The molecule has 2 amide bonds. The number of nitrogens with one attached hydrogen (secondary N) is 1. The molecule has 0 unspecified atom stereocenters. The summed E-state index contributed by atoms with van der Waals surface area (Å²) in [6.45, 7) is 0.247.